The summed E-state index contributed by atoms with van der Waals surface area (Å²) in [6.45, 7) is -0.538. The number of aromatic hydroxyl groups is 1. The molecule has 5 heteroatoms. The minimum Gasteiger partial charge on any atom is -0.507 e. The van der Waals surface area contributed by atoms with Crippen molar-refractivity contribution in [3.8, 4) is 5.75 Å². The van der Waals surface area contributed by atoms with Crippen LogP contribution >= 0.6 is 15.9 Å². The predicted octanol–water partition coefficient (Wildman–Crippen LogP) is 0.541. The summed E-state index contributed by atoms with van der Waals surface area (Å²) in [6, 6.07) is 4.54. The minimum absolute atomic E-state index is 0.0216. The minimum atomic E-state index is -1.26. The van der Waals surface area contributed by atoms with Crippen molar-refractivity contribution in [3.05, 3.63) is 28.2 Å². The Balaban J connectivity index is 3.01. The maximum absolute atomic E-state index is 9.54. The smallest absolute Gasteiger partial charge is 0.130 e. The fourth-order valence-electron chi connectivity index (χ4n) is 1.07. The van der Waals surface area contributed by atoms with Crippen LogP contribution in [0.1, 0.15) is 11.7 Å². The topological polar surface area (TPSA) is 80.9 Å². The molecule has 0 heterocycles. The Morgan fingerprint density at radius 1 is 1.29 bits per heavy atom. The largest absolute Gasteiger partial charge is 0.507 e. The normalized spacial score (nSPS) is 15.1. The van der Waals surface area contributed by atoms with E-state index in [-0.39, 0.29) is 5.75 Å². The summed E-state index contributed by atoms with van der Waals surface area (Å²) < 4.78 is 0.319. The lowest BCUT2D eigenvalue weighted by molar-refractivity contribution is -0.0156. The summed E-state index contributed by atoms with van der Waals surface area (Å²) >= 11 is 3.08. The van der Waals surface area contributed by atoms with E-state index in [2.05, 4.69) is 15.9 Å². The van der Waals surface area contributed by atoms with Gasteiger partial charge in [-0.05, 0) is 22.0 Å². The maximum atomic E-state index is 9.54. The molecule has 0 radical (unpaired) electrons. The number of hydrogen-bond acceptors (Lipinski definition) is 4. The monoisotopic (exact) mass is 262 g/mol. The van der Waals surface area contributed by atoms with Gasteiger partial charge in [-0.25, -0.2) is 0 Å². The molecule has 14 heavy (non-hydrogen) atoms. The molecular formula is C9H11BrO4. The van der Waals surface area contributed by atoms with Gasteiger partial charge >= 0.3 is 0 Å². The average Bonchev–Trinajstić information content (AvgIpc) is 2.20. The first-order valence-electron chi connectivity index (χ1n) is 4.02. The van der Waals surface area contributed by atoms with Gasteiger partial charge < -0.3 is 20.4 Å². The number of rotatable bonds is 3. The highest BCUT2D eigenvalue weighted by Gasteiger charge is 2.20. The van der Waals surface area contributed by atoms with E-state index in [9.17, 15) is 15.3 Å². The fraction of sp³-hybridized carbons (Fsp3) is 0.333. The van der Waals surface area contributed by atoms with E-state index in [0.717, 1.165) is 0 Å². The van der Waals surface area contributed by atoms with E-state index in [4.69, 9.17) is 5.11 Å². The van der Waals surface area contributed by atoms with Gasteiger partial charge in [-0.2, -0.15) is 0 Å². The lowest BCUT2D eigenvalue weighted by Gasteiger charge is -2.17. The second-order valence-electron chi connectivity index (χ2n) is 2.88. The number of phenolic OH excluding ortho intramolecular Hbond substituents is 1. The number of benzene rings is 1. The second kappa shape index (κ2) is 4.75. The molecule has 0 saturated carbocycles. The molecule has 0 spiro atoms. The van der Waals surface area contributed by atoms with Gasteiger partial charge in [0.05, 0.1) is 11.1 Å². The Kier molecular flexibility index (Phi) is 3.88. The van der Waals surface area contributed by atoms with Crippen LogP contribution in [0.15, 0.2) is 22.7 Å². The van der Waals surface area contributed by atoms with Crippen molar-refractivity contribution in [2.45, 2.75) is 12.2 Å². The van der Waals surface area contributed by atoms with Crippen LogP contribution in [0.3, 0.4) is 0 Å². The Labute approximate surface area is 89.6 Å². The molecule has 78 valence electrons. The van der Waals surface area contributed by atoms with Crippen LogP contribution in [-0.2, 0) is 0 Å². The molecule has 2 unspecified atom stereocenters. The van der Waals surface area contributed by atoms with E-state index >= 15 is 0 Å². The van der Waals surface area contributed by atoms with Crippen molar-refractivity contribution in [1.29, 1.82) is 0 Å². The van der Waals surface area contributed by atoms with Crippen LogP contribution in [0.5, 0.6) is 5.75 Å². The molecule has 0 aliphatic rings. The van der Waals surface area contributed by atoms with Gasteiger partial charge in [0.15, 0.2) is 0 Å². The second-order valence-corrected chi connectivity index (χ2v) is 3.67. The Bertz CT molecular complexity index is 316. The van der Waals surface area contributed by atoms with Crippen molar-refractivity contribution in [1.82, 2.24) is 0 Å². The van der Waals surface area contributed by atoms with E-state index in [0.29, 0.717) is 10.0 Å². The highest BCUT2D eigenvalue weighted by atomic mass is 79.9. The van der Waals surface area contributed by atoms with Crippen molar-refractivity contribution in [2.75, 3.05) is 6.61 Å². The van der Waals surface area contributed by atoms with Gasteiger partial charge in [0.2, 0.25) is 0 Å². The molecule has 0 saturated heterocycles. The molecule has 1 rings (SSSR count). The van der Waals surface area contributed by atoms with E-state index < -0.39 is 18.8 Å². The number of halogens is 1. The quantitative estimate of drug-likeness (QED) is 0.641. The van der Waals surface area contributed by atoms with Crippen LogP contribution in [0.2, 0.25) is 0 Å². The zero-order chi connectivity index (χ0) is 10.7. The third-order valence-corrected chi connectivity index (χ3v) is 2.74. The first-order chi connectivity index (χ1) is 6.57. The first kappa shape index (κ1) is 11.5. The highest BCUT2D eigenvalue weighted by Crippen LogP contribution is 2.32. The van der Waals surface area contributed by atoms with Crippen LogP contribution in [-0.4, -0.2) is 33.1 Å². The molecule has 0 aromatic heterocycles. The fourth-order valence-corrected chi connectivity index (χ4v) is 1.57. The summed E-state index contributed by atoms with van der Waals surface area (Å²) in [5.74, 6) is -0.0216. The molecule has 2 atom stereocenters. The molecule has 1 aromatic rings. The molecule has 0 aliphatic carbocycles. The van der Waals surface area contributed by atoms with Crippen molar-refractivity contribution >= 4 is 15.9 Å². The molecule has 4 nitrogen and oxygen atoms in total. The third-order valence-electron chi connectivity index (χ3n) is 1.88. The SMILES string of the molecule is OCC(O)C(O)c1cccc(O)c1Br. The molecular weight excluding hydrogens is 252 g/mol. The van der Waals surface area contributed by atoms with Gasteiger partial charge in [0.1, 0.15) is 18.0 Å². The maximum Gasteiger partial charge on any atom is 0.130 e. The molecule has 4 N–H and O–H groups in total. The number of aliphatic hydroxyl groups excluding tert-OH is 3. The molecule has 0 bridgehead atoms. The van der Waals surface area contributed by atoms with Gasteiger partial charge in [-0.3, -0.25) is 0 Å². The molecule has 0 fully saturated rings. The Hall–Kier alpha value is -0.620. The summed E-state index contributed by atoms with van der Waals surface area (Å²) in [5.41, 5.74) is 0.339. The highest BCUT2D eigenvalue weighted by molar-refractivity contribution is 9.10. The van der Waals surface area contributed by atoms with Crippen molar-refractivity contribution in [3.63, 3.8) is 0 Å². The van der Waals surface area contributed by atoms with Crippen LogP contribution in [0.25, 0.3) is 0 Å². The summed E-state index contributed by atoms with van der Waals surface area (Å²) in [5, 5.41) is 36.7. The first-order valence-corrected chi connectivity index (χ1v) is 4.81. The van der Waals surface area contributed by atoms with Gasteiger partial charge in [0, 0.05) is 5.56 Å². The van der Waals surface area contributed by atoms with Gasteiger partial charge in [-0.15, -0.1) is 0 Å². The van der Waals surface area contributed by atoms with Crippen molar-refractivity contribution < 1.29 is 20.4 Å². The van der Waals surface area contributed by atoms with Crippen molar-refractivity contribution in [2.24, 2.45) is 0 Å². The van der Waals surface area contributed by atoms with Gasteiger partial charge in [0.25, 0.3) is 0 Å². The number of aliphatic hydroxyl groups is 3. The zero-order valence-corrected chi connectivity index (χ0v) is 8.85. The Morgan fingerprint density at radius 3 is 2.50 bits per heavy atom. The zero-order valence-electron chi connectivity index (χ0n) is 7.26. The average molecular weight is 263 g/mol. The number of hydrogen-bond donors (Lipinski definition) is 4. The number of phenols is 1. The third kappa shape index (κ3) is 2.24. The Morgan fingerprint density at radius 2 is 1.93 bits per heavy atom. The summed E-state index contributed by atoms with van der Waals surface area (Å²) in [4.78, 5) is 0. The van der Waals surface area contributed by atoms with Crippen LogP contribution < -0.4 is 0 Å². The van der Waals surface area contributed by atoms with E-state index in [1.807, 2.05) is 0 Å². The standard InChI is InChI=1S/C9H11BrO4/c10-8-5(2-1-3-6(8)12)9(14)7(13)4-11/h1-3,7,9,11-14H,4H2. The molecule has 0 aliphatic heterocycles. The molecule has 0 amide bonds. The van der Waals surface area contributed by atoms with E-state index in [1.165, 1.54) is 6.07 Å². The lowest BCUT2D eigenvalue weighted by Crippen LogP contribution is -2.22. The van der Waals surface area contributed by atoms with Crippen LogP contribution in [0.4, 0.5) is 0 Å². The predicted molar refractivity (Wildman–Crippen MR) is 53.9 cm³/mol. The van der Waals surface area contributed by atoms with E-state index in [1.54, 1.807) is 12.1 Å². The molecule has 1 aromatic carbocycles. The lowest BCUT2D eigenvalue weighted by atomic mass is 10.0. The summed E-state index contributed by atoms with van der Waals surface area (Å²) in [6.07, 6.45) is -2.48. The summed E-state index contributed by atoms with van der Waals surface area (Å²) in [7, 11) is 0. The van der Waals surface area contributed by atoms with Crippen LogP contribution in [0, 0.1) is 0 Å². The van der Waals surface area contributed by atoms with Gasteiger partial charge in [-0.1, -0.05) is 12.1 Å².